The average molecular weight is 371 g/mol. The van der Waals surface area contributed by atoms with Gasteiger partial charge in [-0.15, -0.1) is 60.7 Å². The summed E-state index contributed by atoms with van der Waals surface area (Å²) >= 11 is 0. The van der Waals surface area contributed by atoms with Crippen molar-refractivity contribution in [2.24, 2.45) is 16.7 Å². The SMILES string of the molecule is C#CCCCC(C#CC(C)(CCC#C)C(C)C#C)(CC#CCC)CCC#CC. The van der Waals surface area contributed by atoms with Gasteiger partial charge in [0.05, 0.1) is 0 Å². The van der Waals surface area contributed by atoms with Gasteiger partial charge in [0.2, 0.25) is 0 Å². The molecule has 0 radical (unpaired) electrons. The molecule has 0 fully saturated rings. The number of hydrogen-bond acceptors (Lipinski definition) is 0. The molecule has 0 aromatic carbocycles. The molecule has 0 spiro atoms. The molecular weight excluding hydrogens is 336 g/mol. The van der Waals surface area contributed by atoms with Crippen molar-refractivity contribution in [3.63, 3.8) is 0 Å². The highest BCUT2D eigenvalue weighted by Gasteiger charge is 2.31. The predicted molar refractivity (Wildman–Crippen MR) is 122 cm³/mol. The van der Waals surface area contributed by atoms with E-state index in [9.17, 15) is 0 Å². The maximum Gasteiger partial charge on any atom is 0.0433 e. The van der Waals surface area contributed by atoms with Gasteiger partial charge < -0.3 is 0 Å². The van der Waals surface area contributed by atoms with E-state index in [4.69, 9.17) is 19.3 Å². The number of unbranched alkanes of at least 4 members (excludes halogenated alkanes) is 1. The Hall–Kier alpha value is -2.64. The van der Waals surface area contributed by atoms with Gasteiger partial charge in [-0.2, -0.15) is 0 Å². The first-order valence-corrected chi connectivity index (χ1v) is 10.2. The number of rotatable bonds is 9. The van der Waals surface area contributed by atoms with Crippen LogP contribution < -0.4 is 0 Å². The molecule has 28 heavy (non-hydrogen) atoms. The van der Waals surface area contributed by atoms with E-state index in [1.807, 2.05) is 13.8 Å². The molecule has 0 aliphatic carbocycles. The minimum Gasteiger partial charge on any atom is -0.120 e. The molecular formula is C28H34. The molecule has 146 valence electrons. The van der Waals surface area contributed by atoms with E-state index >= 15 is 0 Å². The van der Waals surface area contributed by atoms with Gasteiger partial charge >= 0.3 is 0 Å². The van der Waals surface area contributed by atoms with Crippen LogP contribution >= 0.6 is 0 Å². The molecule has 3 unspecified atom stereocenters. The van der Waals surface area contributed by atoms with Crippen LogP contribution in [0.1, 0.15) is 85.5 Å². The highest BCUT2D eigenvalue weighted by Crippen LogP contribution is 2.36. The van der Waals surface area contributed by atoms with E-state index in [1.54, 1.807) is 0 Å². The molecule has 0 heteroatoms. The lowest BCUT2D eigenvalue weighted by Crippen LogP contribution is -2.25. The smallest absolute Gasteiger partial charge is 0.0433 e. The molecule has 0 rings (SSSR count). The fraction of sp³-hybridized carbons (Fsp3) is 0.571. The Morgan fingerprint density at radius 2 is 1.57 bits per heavy atom. The lowest BCUT2D eigenvalue weighted by molar-refractivity contribution is 0.320. The highest BCUT2D eigenvalue weighted by molar-refractivity contribution is 5.24. The molecule has 0 aliphatic rings. The monoisotopic (exact) mass is 370 g/mol. The van der Waals surface area contributed by atoms with Crippen molar-refractivity contribution >= 4 is 0 Å². The topological polar surface area (TPSA) is 0 Å². The van der Waals surface area contributed by atoms with Gasteiger partial charge in [-0.25, -0.2) is 0 Å². The normalized spacial score (nSPS) is 14.5. The van der Waals surface area contributed by atoms with E-state index in [0.29, 0.717) is 6.42 Å². The van der Waals surface area contributed by atoms with Crippen molar-refractivity contribution in [3.05, 3.63) is 0 Å². The average Bonchev–Trinajstić information content (AvgIpc) is 2.70. The summed E-state index contributed by atoms with van der Waals surface area (Å²) in [5.41, 5.74) is -0.526. The second kappa shape index (κ2) is 14.4. The van der Waals surface area contributed by atoms with E-state index < -0.39 is 0 Å². The molecule has 0 bridgehead atoms. The molecule has 0 heterocycles. The molecule has 0 saturated heterocycles. The van der Waals surface area contributed by atoms with Crippen LogP contribution in [0.15, 0.2) is 0 Å². The van der Waals surface area contributed by atoms with Gasteiger partial charge in [-0.05, 0) is 46.5 Å². The fourth-order valence-electron chi connectivity index (χ4n) is 2.96. The lowest BCUT2D eigenvalue weighted by Gasteiger charge is -2.30. The Balaban J connectivity index is 6.04. The van der Waals surface area contributed by atoms with E-state index in [2.05, 4.69) is 67.1 Å². The van der Waals surface area contributed by atoms with Crippen LogP contribution in [0, 0.1) is 89.3 Å². The first-order valence-electron chi connectivity index (χ1n) is 10.2. The van der Waals surface area contributed by atoms with Gasteiger partial charge in [-0.1, -0.05) is 18.8 Å². The Kier molecular flexibility index (Phi) is 13.1. The van der Waals surface area contributed by atoms with Crippen molar-refractivity contribution in [2.45, 2.75) is 85.5 Å². The standard InChI is InChI=1S/C28H34/c1-8-13-17-21-28(22-18-14-9-2,23-19-15-10-3)25-24-27(7,20-16-11-4)26(6)12-5/h1,4-5,26H,9,13,16-17,19-23H2,2-3,6-7H3. The molecule has 0 nitrogen and oxygen atoms in total. The third-order valence-corrected chi connectivity index (χ3v) is 5.22. The summed E-state index contributed by atoms with van der Waals surface area (Å²) in [7, 11) is 0. The van der Waals surface area contributed by atoms with Crippen molar-refractivity contribution in [3.8, 4) is 72.6 Å². The minimum absolute atomic E-state index is 0.0221. The molecule has 0 aromatic rings. The Morgan fingerprint density at radius 3 is 2.14 bits per heavy atom. The van der Waals surface area contributed by atoms with Crippen LogP contribution in [-0.4, -0.2) is 0 Å². The first-order chi connectivity index (χ1) is 13.4. The van der Waals surface area contributed by atoms with Crippen LogP contribution in [0.3, 0.4) is 0 Å². The van der Waals surface area contributed by atoms with Crippen molar-refractivity contribution in [2.75, 3.05) is 0 Å². The third kappa shape index (κ3) is 9.34. The van der Waals surface area contributed by atoms with Gasteiger partial charge in [-0.3, -0.25) is 0 Å². The molecule has 0 N–H and O–H groups in total. The quantitative estimate of drug-likeness (QED) is 0.341. The highest BCUT2D eigenvalue weighted by atomic mass is 14.3. The summed E-state index contributed by atoms with van der Waals surface area (Å²) < 4.78 is 0. The fourth-order valence-corrected chi connectivity index (χ4v) is 2.96. The van der Waals surface area contributed by atoms with Crippen molar-refractivity contribution in [1.82, 2.24) is 0 Å². The summed E-state index contributed by atoms with van der Waals surface area (Å²) in [4.78, 5) is 0. The first kappa shape index (κ1) is 25.4. The van der Waals surface area contributed by atoms with Crippen LogP contribution in [0.25, 0.3) is 0 Å². The maximum absolute atomic E-state index is 5.73. The summed E-state index contributed by atoms with van der Waals surface area (Å²) in [5.74, 6) is 28.2. The Labute approximate surface area is 175 Å². The van der Waals surface area contributed by atoms with Crippen LogP contribution in [0.4, 0.5) is 0 Å². The maximum atomic E-state index is 5.73. The number of terminal acetylenes is 3. The molecule has 0 amide bonds. The van der Waals surface area contributed by atoms with Crippen molar-refractivity contribution in [1.29, 1.82) is 0 Å². The van der Waals surface area contributed by atoms with Gasteiger partial charge in [0.25, 0.3) is 0 Å². The molecule has 0 saturated carbocycles. The van der Waals surface area contributed by atoms with Gasteiger partial charge in [0.15, 0.2) is 0 Å². The zero-order valence-electron chi connectivity index (χ0n) is 18.2. The Morgan fingerprint density at radius 1 is 0.857 bits per heavy atom. The second-order valence-corrected chi connectivity index (χ2v) is 7.41. The zero-order valence-corrected chi connectivity index (χ0v) is 18.2. The lowest BCUT2D eigenvalue weighted by atomic mass is 9.72. The van der Waals surface area contributed by atoms with E-state index in [0.717, 1.165) is 51.4 Å². The summed E-state index contributed by atoms with van der Waals surface area (Å²) in [5, 5.41) is 0. The largest absolute Gasteiger partial charge is 0.120 e. The van der Waals surface area contributed by atoms with Crippen LogP contribution in [0.5, 0.6) is 0 Å². The third-order valence-electron chi connectivity index (χ3n) is 5.22. The van der Waals surface area contributed by atoms with E-state index in [1.165, 1.54) is 0 Å². The number of hydrogen-bond donors (Lipinski definition) is 0. The molecule has 0 aromatic heterocycles. The Bertz CT molecular complexity index is 772. The minimum atomic E-state index is -0.312. The second-order valence-electron chi connectivity index (χ2n) is 7.41. The van der Waals surface area contributed by atoms with Gasteiger partial charge in [0.1, 0.15) is 0 Å². The van der Waals surface area contributed by atoms with Crippen molar-refractivity contribution < 1.29 is 0 Å². The molecule has 3 atom stereocenters. The zero-order chi connectivity index (χ0) is 21.3. The van der Waals surface area contributed by atoms with E-state index in [-0.39, 0.29) is 16.7 Å². The summed E-state index contributed by atoms with van der Waals surface area (Å²) in [6.07, 6.45) is 24.0. The van der Waals surface area contributed by atoms with Crippen LogP contribution in [-0.2, 0) is 0 Å². The summed E-state index contributed by atoms with van der Waals surface area (Å²) in [6, 6.07) is 0. The predicted octanol–water partition coefficient (Wildman–Crippen LogP) is 6.08. The van der Waals surface area contributed by atoms with Gasteiger partial charge in [0, 0.05) is 48.9 Å². The van der Waals surface area contributed by atoms with Crippen LogP contribution in [0.2, 0.25) is 0 Å². The molecule has 0 aliphatic heterocycles. The summed E-state index contributed by atoms with van der Waals surface area (Å²) in [6.45, 7) is 8.10.